The van der Waals surface area contributed by atoms with Crippen LogP contribution in [-0.4, -0.2) is 12.7 Å². The summed E-state index contributed by atoms with van der Waals surface area (Å²) in [5.74, 6) is 2.31. The van der Waals surface area contributed by atoms with Crippen molar-refractivity contribution in [3.05, 3.63) is 18.2 Å². The third kappa shape index (κ3) is 4.55. The molecular weight excluding hydrogens is 262 g/mol. The first-order valence-corrected chi connectivity index (χ1v) is 8.08. The fourth-order valence-corrected chi connectivity index (χ4v) is 3.47. The van der Waals surface area contributed by atoms with E-state index in [1.54, 1.807) is 0 Å². The average Bonchev–Trinajstić information content (AvgIpc) is 2.37. The zero-order valence-electron chi connectivity index (χ0n) is 13.8. The highest BCUT2D eigenvalue weighted by molar-refractivity contribution is 5.55. The fourth-order valence-electron chi connectivity index (χ4n) is 3.47. The normalized spacial score (nSPS) is 24.6. The van der Waals surface area contributed by atoms with Gasteiger partial charge in [-0.05, 0) is 49.1 Å². The molecule has 0 radical (unpaired) electrons. The van der Waals surface area contributed by atoms with Crippen molar-refractivity contribution < 1.29 is 9.47 Å². The lowest BCUT2D eigenvalue weighted by Crippen LogP contribution is -2.34. The van der Waals surface area contributed by atoms with Crippen LogP contribution in [0.4, 0.5) is 5.69 Å². The van der Waals surface area contributed by atoms with Gasteiger partial charge in [-0.15, -0.1) is 0 Å². The van der Waals surface area contributed by atoms with Crippen LogP contribution in [0.2, 0.25) is 0 Å². The highest BCUT2D eigenvalue weighted by Crippen LogP contribution is 2.40. The van der Waals surface area contributed by atoms with Gasteiger partial charge in [0.1, 0.15) is 11.5 Å². The van der Waals surface area contributed by atoms with E-state index < -0.39 is 0 Å². The molecule has 0 heterocycles. The Labute approximate surface area is 128 Å². The predicted molar refractivity (Wildman–Crippen MR) is 87.9 cm³/mol. The minimum atomic E-state index is 0.284. The Kier molecular flexibility index (Phi) is 5.02. The van der Waals surface area contributed by atoms with Crippen LogP contribution < -0.4 is 15.2 Å². The molecule has 1 fully saturated rings. The molecule has 1 aliphatic rings. The summed E-state index contributed by atoms with van der Waals surface area (Å²) >= 11 is 0. The first kappa shape index (κ1) is 16.0. The minimum Gasteiger partial charge on any atom is -0.491 e. The highest BCUT2D eigenvalue weighted by atomic mass is 16.5. The second-order valence-electron chi connectivity index (χ2n) is 7.20. The lowest BCUT2D eigenvalue weighted by atomic mass is 9.71. The van der Waals surface area contributed by atoms with Crippen LogP contribution in [0.3, 0.4) is 0 Å². The molecule has 0 spiro atoms. The third-order valence-electron chi connectivity index (χ3n) is 4.10. The molecule has 118 valence electrons. The molecule has 21 heavy (non-hydrogen) atoms. The van der Waals surface area contributed by atoms with Crippen LogP contribution in [0.25, 0.3) is 0 Å². The van der Waals surface area contributed by atoms with Crippen molar-refractivity contribution in [3.63, 3.8) is 0 Å². The van der Waals surface area contributed by atoms with E-state index in [2.05, 4.69) is 27.7 Å². The molecule has 1 aromatic carbocycles. The van der Waals surface area contributed by atoms with E-state index >= 15 is 0 Å². The Hall–Kier alpha value is -1.38. The van der Waals surface area contributed by atoms with E-state index in [1.807, 2.05) is 18.2 Å². The van der Waals surface area contributed by atoms with E-state index in [1.165, 1.54) is 6.42 Å². The summed E-state index contributed by atoms with van der Waals surface area (Å²) in [4.78, 5) is 0. The van der Waals surface area contributed by atoms with Crippen molar-refractivity contribution in [2.24, 2.45) is 11.3 Å². The largest absolute Gasteiger partial charge is 0.491 e. The first-order valence-electron chi connectivity index (χ1n) is 8.08. The van der Waals surface area contributed by atoms with E-state index in [0.717, 1.165) is 30.8 Å². The summed E-state index contributed by atoms with van der Waals surface area (Å²) in [5, 5.41) is 0. The SMILES string of the molecule is CCCOc1cc(OC2CC(C)CC(C)(C)C2)ccc1N. The number of benzene rings is 1. The van der Waals surface area contributed by atoms with Gasteiger partial charge in [0.2, 0.25) is 0 Å². The monoisotopic (exact) mass is 291 g/mol. The van der Waals surface area contributed by atoms with Crippen LogP contribution in [-0.2, 0) is 0 Å². The molecule has 0 aromatic heterocycles. The van der Waals surface area contributed by atoms with E-state index in [0.29, 0.717) is 23.6 Å². The molecule has 1 aromatic rings. The zero-order valence-corrected chi connectivity index (χ0v) is 13.8. The molecule has 0 bridgehead atoms. The Morgan fingerprint density at radius 1 is 1.29 bits per heavy atom. The molecular formula is C18H29NO2. The van der Waals surface area contributed by atoms with Crippen LogP contribution >= 0.6 is 0 Å². The van der Waals surface area contributed by atoms with E-state index in [-0.39, 0.29) is 6.10 Å². The van der Waals surface area contributed by atoms with Crippen molar-refractivity contribution in [3.8, 4) is 11.5 Å². The van der Waals surface area contributed by atoms with Crippen LogP contribution in [0.5, 0.6) is 11.5 Å². The standard InChI is InChI=1S/C18H29NO2/c1-5-8-20-17-10-14(6-7-16(17)19)21-15-9-13(2)11-18(3,4)12-15/h6-7,10,13,15H,5,8-9,11-12,19H2,1-4H3. The fraction of sp³-hybridized carbons (Fsp3) is 0.667. The smallest absolute Gasteiger partial charge is 0.145 e. The maximum atomic E-state index is 6.20. The van der Waals surface area contributed by atoms with Gasteiger partial charge >= 0.3 is 0 Å². The number of hydrogen-bond acceptors (Lipinski definition) is 3. The quantitative estimate of drug-likeness (QED) is 0.803. The van der Waals surface area contributed by atoms with Crippen molar-refractivity contribution >= 4 is 5.69 Å². The summed E-state index contributed by atoms with van der Waals surface area (Å²) in [6, 6.07) is 5.75. The molecule has 1 saturated carbocycles. The van der Waals surface area contributed by atoms with E-state index in [4.69, 9.17) is 15.2 Å². The van der Waals surface area contributed by atoms with Gasteiger partial charge < -0.3 is 15.2 Å². The zero-order chi connectivity index (χ0) is 15.5. The summed E-state index contributed by atoms with van der Waals surface area (Å²) in [5.41, 5.74) is 6.98. The van der Waals surface area contributed by atoms with E-state index in [9.17, 15) is 0 Å². The van der Waals surface area contributed by atoms with Crippen LogP contribution in [0, 0.1) is 11.3 Å². The molecule has 0 aliphatic heterocycles. The van der Waals surface area contributed by atoms with Gasteiger partial charge in [0, 0.05) is 6.07 Å². The summed E-state index contributed by atoms with van der Waals surface area (Å²) in [6.45, 7) is 9.74. The third-order valence-corrected chi connectivity index (χ3v) is 4.10. The topological polar surface area (TPSA) is 44.5 Å². The molecule has 2 unspecified atom stereocenters. The van der Waals surface area contributed by atoms with Crippen molar-refractivity contribution in [2.45, 2.75) is 59.5 Å². The van der Waals surface area contributed by atoms with Gasteiger partial charge in [-0.2, -0.15) is 0 Å². The number of ether oxygens (including phenoxy) is 2. The number of hydrogen-bond donors (Lipinski definition) is 1. The molecule has 1 aliphatic carbocycles. The molecule has 3 heteroatoms. The molecule has 3 nitrogen and oxygen atoms in total. The average molecular weight is 291 g/mol. The summed E-state index contributed by atoms with van der Waals surface area (Å²) in [7, 11) is 0. The molecule has 2 rings (SSSR count). The predicted octanol–water partition coefficient (Wildman–Crippen LogP) is 4.65. The lowest BCUT2D eigenvalue weighted by molar-refractivity contribution is 0.0561. The maximum Gasteiger partial charge on any atom is 0.145 e. The van der Waals surface area contributed by atoms with Crippen molar-refractivity contribution in [2.75, 3.05) is 12.3 Å². The lowest BCUT2D eigenvalue weighted by Gasteiger charge is -2.38. The van der Waals surface area contributed by atoms with Crippen molar-refractivity contribution in [1.82, 2.24) is 0 Å². The Morgan fingerprint density at radius 3 is 2.71 bits per heavy atom. The number of nitrogens with two attached hydrogens (primary N) is 1. The van der Waals surface area contributed by atoms with Crippen LogP contribution in [0.15, 0.2) is 18.2 Å². The molecule has 2 atom stereocenters. The van der Waals surface area contributed by atoms with Gasteiger partial charge in [-0.1, -0.05) is 27.7 Å². The van der Waals surface area contributed by atoms with Gasteiger partial charge in [0.05, 0.1) is 18.4 Å². The maximum absolute atomic E-state index is 6.20. The van der Waals surface area contributed by atoms with Gasteiger partial charge in [-0.3, -0.25) is 0 Å². The molecule has 0 amide bonds. The van der Waals surface area contributed by atoms with Gasteiger partial charge in [0.25, 0.3) is 0 Å². The Morgan fingerprint density at radius 2 is 2.05 bits per heavy atom. The van der Waals surface area contributed by atoms with Crippen LogP contribution in [0.1, 0.15) is 53.4 Å². The molecule has 0 saturated heterocycles. The second-order valence-corrected chi connectivity index (χ2v) is 7.20. The number of nitrogen functional groups attached to an aromatic ring is 1. The second kappa shape index (κ2) is 6.59. The number of rotatable bonds is 5. The Balaban J connectivity index is 2.05. The summed E-state index contributed by atoms with van der Waals surface area (Å²) in [6.07, 6.45) is 4.76. The Bertz CT molecular complexity index is 470. The minimum absolute atomic E-state index is 0.284. The highest BCUT2D eigenvalue weighted by Gasteiger charge is 2.33. The van der Waals surface area contributed by atoms with Crippen molar-refractivity contribution in [1.29, 1.82) is 0 Å². The summed E-state index contributed by atoms with van der Waals surface area (Å²) < 4.78 is 11.9. The van der Waals surface area contributed by atoms with Gasteiger partial charge in [-0.25, -0.2) is 0 Å². The number of anilines is 1. The first-order chi connectivity index (χ1) is 9.89. The van der Waals surface area contributed by atoms with Gasteiger partial charge in [0.15, 0.2) is 0 Å². The molecule has 2 N–H and O–H groups in total.